The average Bonchev–Trinajstić information content (AvgIpc) is 2.61. The maximum Gasteiger partial charge on any atom is 0.193 e. The first-order valence-electron chi connectivity index (χ1n) is 9.12. The van der Waals surface area contributed by atoms with Crippen LogP contribution in [-0.2, 0) is 11.3 Å². The molecule has 25 heavy (non-hydrogen) atoms. The van der Waals surface area contributed by atoms with Gasteiger partial charge in [0.25, 0.3) is 0 Å². The lowest BCUT2D eigenvalue weighted by Crippen LogP contribution is -2.42. The minimum absolute atomic E-state index is 0. The molecule has 1 saturated heterocycles. The summed E-state index contributed by atoms with van der Waals surface area (Å²) in [5.41, 5.74) is 8.16. The Morgan fingerprint density at radius 2 is 2.16 bits per heavy atom. The number of aliphatic imine (C=N–C) groups is 1. The molecule has 1 aromatic carbocycles. The quantitative estimate of drug-likeness (QED) is 0.352. The van der Waals surface area contributed by atoms with Crippen LogP contribution in [0.2, 0.25) is 0 Å². The van der Waals surface area contributed by atoms with Gasteiger partial charge in [-0.3, -0.25) is 9.89 Å². The number of hydrogen-bond acceptors (Lipinski definition) is 3. The molecule has 2 rings (SSSR count). The van der Waals surface area contributed by atoms with Crippen LogP contribution in [0.1, 0.15) is 44.6 Å². The van der Waals surface area contributed by atoms with Crippen molar-refractivity contribution in [2.24, 2.45) is 10.7 Å². The lowest BCUT2D eigenvalue weighted by Gasteiger charge is -2.34. The van der Waals surface area contributed by atoms with E-state index >= 15 is 0 Å². The van der Waals surface area contributed by atoms with Gasteiger partial charge in [0.1, 0.15) is 0 Å². The van der Waals surface area contributed by atoms with Crippen LogP contribution in [0.15, 0.2) is 29.3 Å². The van der Waals surface area contributed by atoms with Crippen LogP contribution < -0.4 is 11.1 Å². The number of benzene rings is 1. The number of rotatable bonds is 8. The van der Waals surface area contributed by atoms with Crippen molar-refractivity contribution in [3.8, 4) is 0 Å². The van der Waals surface area contributed by atoms with Gasteiger partial charge in [0, 0.05) is 24.4 Å². The van der Waals surface area contributed by atoms with Gasteiger partial charge in [0.05, 0.1) is 13.2 Å². The van der Waals surface area contributed by atoms with Crippen molar-refractivity contribution in [2.75, 3.05) is 32.1 Å². The third-order valence-electron chi connectivity index (χ3n) is 4.60. The maximum atomic E-state index is 6.11. The van der Waals surface area contributed by atoms with Crippen molar-refractivity contribution < 1.29 is 4.74 Å². The van der Waals surface area contributed by atoms with E-state index in [9.17, 15) is 0 Å². The number of likely N-dealkylation sites (tertiary alicyclic amines) is 1. The highest BCUT2D eigenvalue weighted by Crippen LogP contribution is 2.18. The lowest BCUT2D eigenvalue weighted by atomic mass is 10.0. The molecule has 1 fully saturated rings. The van der Waals surface area contributed by atoms with E-state index < -0.39 is 0 Å². The topological polar surface area (TPSA) is 62.9 Å². The first-order chi connectivity index (χ1) is 11.7. The third kappa shape index (κ3) is 7.50. The van der Waals surface area contributed by atoms with Crippen molar-refractivity contribution in [1.29, 1.82) is 0 Å². The van der Waals surface area contributed by atoms with Crippen molar-refractivity contribution in [2.45, 2.75) is 51.7 Å². The second-order valence-electron chi connectivity index (χ2n) is 6.48. The Morgan fingerprint density at radius 3 is 2.92 bits per heavy atom. The monoisotopic (exact) mass is 460 g/mol. The number of methoxy groups -OCH3 is 1. The lowest BCUT2D eigenvalue weighted by molar-refractivity contribution is 0.151. The molecule has 6 heteroatoms. The number of ether oxygens (including phenoxy) is 1. The van der Waals surface area contributed by atoms with Crippen molar-refractivity contribution >= 4 is 35.6 Å². The largest absolute Gasteiger partial charge is 0.380 e. The standard InChI is InChI=1S/C19H32N4O.HI/c1-3-4-12-23-13-8-7-10-17(23)14-21-19(20)22-18-11-6-5-9-16(18)15-24-2;/h5-6,9,11,17H,3-4,7-8,10,12-15H2,1-2H3,(H3,20,21,22);1H. The Labute approximate surface area is 169 Å². The van der Waals surface area contributed by atoms with Gasteiger partial charge >= 0.3 is 0 Å². The Balaban J connectivity index is 0.00000312. The van der Waals surface area contributed by atoms with E-state index in [0.29, 0.717) is 18.6 Å². The summed E-state index contributed by atoms with van der Waals surface area (Å²) in [4.78, 5) is 7.19. The molecule has 142 valence electrons. The molecular formula is C19H33IN4O. The number of anilines is 1. The Kier molecular flexibility index (Phi) is 11.1. The number of unbranched alkanes of at least 4 members (excludes halogenated alkanes) is 1. The molecule has 1 aliphatic rings. The Bertz CT molecular complexity index is 524. The zero-order chi connectivity index (χ0) is 17.2. The molecule has 0 aromatic heterocycles. The first-order valence-corrected chi connectivity index (χ1v) is 9.12. The van der Waals surface area contributed by atoms with Crippen molar-refractivity contribution in [1.82, 2.24) is 4.90 Å². The third-order valence-corrected chi connectivity index (χ3v) is 4.60. The average molecular weight is 460 g/mol. The summed E-state index contributed by atoms with van der Waals surface area (Å²) < 4.78 is 5.23. The SMILES string of the molecule is CCCCN1CCCCC1CN=C(N)Nc1ccccc1COC.I. The van der Waals surface area contributed by atoms with Crippen LogP contribution in [0.4, 0.5) is 5.69 Å². The van der Waals surface area contributed by atoms with Crippen LogP contribution in [0, 0.1) is 0 Å². The Morgan fingerprint density at radius 1 is 1.36 bits per heavy atom. The number of nitrogens with two attached hydrogens (primary N) is 1. The number of piperidine rings is 1. The first kappa shape index (κ1) is 22.2. The van der Waals surface area contributed by atoms with E-state index in [0.717, 1.165) is 17.8 Å². The van der Waals surface area contributed by atoms with Crippen LogP contribution in [0.3, 0.4) is 0 Å². The molecule has 0 radical (unpaired) electrons. The van der Waals surface area contributed by atoms with Crippen LogP contribution in [-0.4, -0.2) is 43.6 Å². The molecule has 1 heterocycles. The molecule has 0 bridgehead atoms. The number of guanidine groups is 1. The van der Waals surface area contributed by atoms with Gasteiger partial charge in [-0.15, -0.1) is 24.0 Å². The molecule has 3 N–H and O–H groups in total. The summed E-state index contributed by atoms with van der Waals surface area (Å²) in [6.07, 6.45) is 6.33. The zero-order valence-corrected chi connectivity index (χ0v) is 17.9. The van der Waals surface area contributed by atoms with Gasteiger partial charge in [-0.25, -0.2) is 0 Å². The molecule has 0 amide bonds. The van der Waals surface area contributed by atoms with E-state index in [1.54, 1.807) is 7.11 Å². The smallest absolute Gasteiger partial charge is 0.193 e. The summed E-state index contributed by atoms with van der Waals surface area (Å²) in [6.45, 7) is 5.96. The molecule has 1 aromatic rings. The normalized spacial score (nSPS) is 18.6. The fourth-order valence-corrected chi connectivity index (χ4v) is 3.23. The van der Waals surface area contributed by atoms with Crippen LogP contribution in [0.5, 0.6) is 0 Å². The number of para-hydroxylation sites is 1. The van der Waals surface area contributed by atoms with Gasteiger partial charge in [0.15, 0.2) is 5.96 Å². The highest BCUT2D eigenvalue weighted by atomic mass is 127. The predicted octanol–water partition coefficient (Wildman–Crippen LogP) is 3.83. The molecule has 1 atom stereocenters. The summed E-state index contributed by atoms with van der Waals surface area (Å²) >= 11 is 0. The molecule has 5 nitrogen and oxygen atoms in total. The fraction of sp³-hybridized carbons (Fsp3) is 0.632. The highest BCUT2D eigenvalue weighted by Gasteiger charge is 2.21. The molecule has 1 aliphatic heterocycles. The Hall–Kier alpha value is -0.860. The molecule has 0 aliphatic carbocycles. The van der Waals surface area contributed by atoms with Crippen LogP contribution >= 0.6 is 24.0 Å². The summed E-state index contributed by atoms with van der Waals surface area (Å²) in [7, 11) is 1.70. The van der Waals surface area contributed by atoms with Gasteiger partial charge in [-0.05, 0) is 38.4 Å². The van der Waals surface area contributed by atoms with E-state index in [1.165, 1.54) is 45.2 Å². The van der Waals surface area contributed by atoms with Crippen molar-refractivity contribution in [3.63, 3.8) is 0 Å². The number of nitrogens with zero attached hydrogens (tertiary/aromatic N) is 2. The molecular weight excluding hydrogens is 427 g/mol. The maximum absolute atomic E-state index is 6.11. The second kappa shape index (κ2) is 12.5. The van der Waals surface area contributed by atoms with E-state index in [2.05, 4.69) is 22.1 Å². The van der Waals surface area contributed by atoms with Gasteiger partial charge in [0.2, 0.25) is 0 Å². The van der Waals surface area contributed by atoms with Gasteiger partial charge in [-0.2, -0.15) is 0 Å². The van der Waals surface area contributed by atoms with E-state index in [1.807, 2.05) is 24.3 Å². The molecule has 1 unspecified atom stereocenters. The number of nitrogens with one attached hydrogen (secondary N) is 1. The fourth-order valence-electron chi connectivity index (χ4n) is 3.23. The van der Waals surface area contributed by atoms with E-state index in [-0.39, 0.29) is 24.0 Å². The highest BCUT2D eigenvalue weighted by molar-refractivity contribution is 14.0. The van der Waals surface area contributed by atoms with Gasteiger partial charge in [-0.1, -0.05) is 38.0 Å². The number of hydrogen-bond donors (Lipinski definition) is 2. The zero-order valence-electron chi connectivity index (χ0n) is 15.5. The van der Waals surface area contributed by atoms with Crippen LogP contribution in [0.25, 0.3) is 0 Å². The second-order valence-corrected chi connectivity index (χ2v) is 6.48. The molecule has 0 spiro atoms. The summed E-state index contributed by atoms with van der Waals surface area (Å²) in [6, 6.07) is 8.56. The summed E-state index contributed by atoms with van der Waals surface area (Å²) in [5, 5.41) is 3.22. The van der Waals surface area contributed by atoms with Gasteiger partial charge < -0.3 is 15.8 Å². The number of halogens is 1. The minimum atomic E-state index is 0. The summed E-state index contributed by atoms with van der Waals surface area (Å²) in [5.74, 6) is 0.486. The van der Waals surface area contributed by atoms with Crippen molar-refractivity contribution in [3.05, 3.63) is 29.8 Å². The minimum Gasteiger partial charge on any atom is -0.380 e. The molecule has 0 saturated carbocycles. The predicted molar refractivity (Wildman–Crippen MR) is 117 cm³/mol. The van der Waals surface area contributed by atoms with E-state index in [4.69, 9.17) is 10.5 Å².